The van der Waals surface area contributed by atoms with E-state index in [0.29, 0.717) is 12.0 Å². The minimum Gasteiger partial charge on any atom is -0.445 e. The first-order chi connectivity index (χ1) is 11.6. The topological polar surface area (TPSA) is 58.6 Å². The molecule has 0 spiro atoms. The standard InChI is InChI=1S/C20H23NO3/c1-15(2)19(22)18(13-16-9-5-3-6-10-16)21-20(23)24-14-17-11-7-4-8-12-17/h3-12,18-19,22H,1,13-14H2,2H3,(H,21,23)/t18?,19-/m0/s1. The maximum atomic E-state index is 12.1. The van der Waals surface area contributed by atoms with Crippen LogP contribution in [0.15, 0.2) is 72.8 Å². The molecule has 2 rings (SSSR count). The van der Waals surface area contributed by atoms with Gasteiger partial charge in [-0.3, -0.25) is 0 Å². The van der Waals surface area contributed by atoms with Gasteiger partial charge < -0.3 is 15.2 Å². The van der Waals surface area contributed by atoms with Crippen LogP contribution in [0.2, 0.25) is 0 Å². The summed E-state index contributed by atoms with van der Waals surface area (Å²) in [5.74, 6) is 0. The smallest absolute Gasteiger partial charge is 0.407 e. The summed E-state index contributed by atoms with van der Waals surface area (Å²) in [5, 5.41) is 13.1. The second-order valence-corrected chi connectivity index (χ2v) is 5.79. The molecule has 0 heterocycles. The van der Waals surface area contributed by atoms with Crippen molar-refractivity contribution in [3.63, 3.8) is 0 Å². The molecule has 0 saturated carbocycles. The summed E-state index contributed by atoms with van der Waals surface area (Å²) in [6, 6.07) is 18.6. The van der Waals surface area contributed by atoms with Crippen LogP contribution in [0.1, 0.15) is 18.1 Å². The first-order valence-corrected chi connectivity index (χ1v) is 7.91. The number of amides is 1. The van der Waals surface area contributed by atoms with E-state index in [0.717, 1.165) is 11.1 Å². The lowest BCUT2D eigenvalue weighted by Gasteiger charge is -2.24. The van der Waals surface area contributed by atoms with E-state index in [1.165, 1.54) is 0 Å². The zero-order valence-corrected chi connectivity index (χ0v) is 13.8. The van der Waals surface area contributed by atoms with Gasteiger partial charge in [0.1, 0.15) is 6.61 Å². The van der Waals surface area contributed by atoms with Crippen LogP contribution in [-0.2, 0) is 17.8 Å². The van der Waals surface area contributed by atoms with Gasteiger partial charge in [0.2, 0.25) is 0 Å². The van der Waals surface area contributed by atoms with Crippen molar-refractivity contribution < 1.29 is 14.6 Å². The number of nitrogens with one attached hydrogen (secondary N) is 1. The molecule has 0 aromatic heterocycles. The number of hydrogen-bond acceptors (Lipinski definition) is 3. The van der Waals surface area contributed by atoms with E-state index in [4.69, 9.17) is 4.74 Å². The molecule has 0 aliphatic carbocycles. The SMILES string of the molecule is C=C(C)[C@H](O)C(Cc1ccccc1)NC(=O)OCc1ccccc1. The van der Waals surface area contributed by atoms with Crippen molar-refractivity contribution in [3.05, 3.63) is 83.9 Å². The van der Waals surface area contributed by atoms with Crippen LogP contribution < -0.4 is 5.32 Å². The van der Waals surface area contributed by atoms with Crippen molar-refractivity contribution in [2.75, 3.05) is 0 Å². The molecule has 1 unspecified atom stereocenters. The highest BCUT2D eigenvalue weighted by molar-refractivity contribution is 5.67. The van der Waals surface area contributed by atoms with Crippen LogP contribution >= 0.6 is 0 Å². The van der Waals surface area contributed by atoms with Crippen molar-refractivity contribution in [1.82, 2.24) is 5.32 Å². The number of benzene rings is 2. The van der Waals surface area contributed by atoms with E-state index in [1.807, 2.05) is 60.7 Å². The number of hydrogen-bond donors (Lipinski definition) is 2. The fourth-order valence-electron chi connectivity index (χ4n) is 2.37. The third-order valence-corrected chi connectivity index (χ3v) is 3.70. The Morgan fingerprint density at radius 2 is 1.62 bits per heavy atom. The average molecular weight is 325 g/mol. The fourth-order valence-corrected chi connectivity index (χ4v) is 2.37. The van der Waals surface area contributed by atoms with Crippen molar-refractivity contribution >= 4 is 6.09 Å². The highest BCUT2D eigenvalue weighted by atomic mass is 16.5. The third-order valence-electron chi connectivity index (χ3n) is 3.70. The van der Waals surface area contributed by atoms with Crippen molar-refractivity contribution in [2.24, 2.45) is 0 Å². The van der Waals surface area contributed by atoms with Gasteiger partial charge in [-0.15, -0.1) is 0 Å². The van der Waals surface area contributed by atoms with Gasteiger partial charge in [-0.05, 0) is 24.5 Å². The Morgan fingerprint density at radius 3 is 2.17 bits per heavy atom. The highest BCUT2D eigenvalue weighted by Gasteiger charge is 2.23. The minimum absolute atomic E-state index is 0.188. The Hall–Kier alpha value is -2.59. The molecule has 2 N–H and O–H groups in total. The molecule has 126 valence electrons. The molecule has 1 amide bonds. The summed E-state index contributed by atoms with van der Waals surface area (Å²) in [6.45, 7) is 5.70. The number of carbonyl (C=O) groups excluding carboxylic acids is 1. The molecule has 0 aliphatic heterocycles. The predicted molar refractivity (Wildman–Crippen MR) is 94.5 cm³/mol. The lowest BCUT2D eigenvalue weighted by Crippen LogP contribution is -2.45. The van der Waals surface area contributed by atoms with Crippen LogP contribution in [0.3, 0.4) is 0 Å². The molecule has 0 saturated heterocycles. The Kier molecular flexibility index (Phi) is 6.58. The molecule has 2 aromatic carbocycles. The summed E-state index contributed by atoms with van der Waals surface area (Å²) in [6.07, 6.45) is -0.899. The molecule has 24 heavy (non-hydrogen) atoms. The summed E-state index contributed by atoms with van der Waals surface area (Å²) < 4.78 is 5.24. The number of ether oxygens (including phenoxy) is 1. The van der Waals surface area contributed by atoms with Gasteiger partial charge in [0.15, 0.2) is 0 Å². The van der Waals surface area contributed by atoms with Crippen molar-refractivity contribution in [3.8, 4) is 0 Å². The highest BCUT2D eigenvalue weighted by Crippen LogP contribution is 2.11. The first-order valence-electron chi connectivity index (χ1n) is 7.91. The third kappa shape index (κ3) is 5.56. The van der Waals surface area contributed by atoms with Crippen molar-refractivity contribution in [2.45, 2.75) is 32.1 Å². The van der Waals surface area contributed by atoms with E-state index in [2.05, 4.69) is 11.9 Å². The number of carbonyl (C=O) groups is 1. The molecule has 0 aliphatic rings. The van der Waals surface area contributed by atoms with Gasteiger partial charge >= 0.3 is 6.09 Å². The monoisotopic (exact) mass is 325 g/mol. The zero-order valence-electron chi connectivity index (χ0n) is 13.8. The quantitative estimate of drug-likeness (QED) is 0.767. The predicted octanol–water partition coefficient (Wildman–Crippen LogP) is 3.46. The number of aliphatic hydroxyl groups excluding tert-OH is 1. The maximum Gasteiger partial charge on any atom is 0.407 e. The lowest BCUT2D eigenvalue weighted by atomic mass is 9.98. The molecule has 2 aromatic rings. The molecule has 0 radical (unpaired) electrons. The lowest BCUT2D eigenvalue weighted by molar-refractivity contribution is 0.115. The van der Waals surface area contributed by atoms with Gasteiger partial charge in [-0.25, -0.2) is 4.79 Å². The number of alkyl carbamates (subject to hydrolysis) is 1. The van der Waals surface area contributed by atoms with Crippen LogP contribution in [0.25, 0.3) is 0 Å². The Balaban J connectivity index is 1.96. The Labute approximate surface area is 142 Å². The second-order valence-electron chi connectivity index (χ2n) is 5.79. The molecular formula is C20H23NO3. The number of rotatable bonds is 7. The second kappa shape index (κ2) is 8.89. The largest absolute Gasteiger partial charge is 0.445 e. The van der Waals surface area contributed by atoms with E-state index in [9.17, 15) is 9.90 Å². The fraction of sp³-hybridized carbons (Fsp3) is 0.250. The van der Waals surface area contributed by atoms with Gasteiger partial charge in [-0.2, -0.15) is 0 Å². The van der Waals surface area contributed by atoms with Crippen LogP contribution in [-0.4, -0.2) is 23.3 Å². The summed E-state index contributed by atoms with van der Waals surface area (Å²) in [5.41, 5.74) is 2.53. The van der Waals surface area contributed by atoms with E-state index < -0.39 is 18.2 Å². The van der Waals surface area contributed by atoms with E-state index in [-0.39, 0.29) is 6.61 Å². The maximum absolute atomic E-state index is 12.1. The molecule has 4 nitrogen and oxygen atoms in total. The summed E-state index contributed by atoms with van der Waals surface area (Å²) in [7, 11) is 0. The normalized spacial score (nSPS) is 12.9. The average Bonchev–Trinajstić information content (AvgIpc) is 2.60. The van der Waals surface area contributed by atoms with Gasteiger partial charge in [-0.1, -0.05) is 72.8 Å². The number of aliphatic hydroxyl groups is 1. The summed E-state index contributed by atoms with van der Waals surface area (Å²) in [4.78, 5) is 12.1. The van der Waals surface area contributed by atoms with Gasteiger partial charge in [0.05, 0.1) is 12.1 Å². The Morgan fingerprint density at radius 1 is 1.08 bits per heavy atom. The molecule has 4 heteroatoms. The van der Waals surface area contributed by atoms with E-state index >= 15 is 0 Å². The molecule has 0 fully saturated rings. The molecule has 0 bridgehead atoms. The van der Waals surface area contributed by atoms with Crippen molar-refractivity contribution in [1.29, 1.82) is 0 Å². The molecular weight excluding hydrogens is 302 g/mol. The van der Waals surface area contributed by atoms with Gasteiger partial charge in [0.25, 0.3) is 0 Å². The van der Waals surface area contributed by atoms with Crippen LogP contribution in [0.5, 0.6) is 0 Å². The molecule has 2 atom stereocenters. The van der Waals surface area contributed by atoms with Crippen LogP contribution in [0, 0.1) is 0 Å². The first kappa shape index (κ1) is 17.8. The Bertz CT molecular complexity index is 655. The van der Waals surface area contributed by atoms with E-state index in [1.54, 1.807) is 6.92 Å². The summed E-state index contributed by atoms with van der Waals surface area (Å²) >= 11 is 0. The minimum atomic E-state index is -0.838. The zero-order chi connectivity index (χ0) is 17.4. The van der Waals surface area contributed by atoms with Gasteiger partial charge in [0, 0.05) is 0 Å². The van der Waals surface area contributed by atoms with Crippen LogP contribution in [0.4, 0.5) is 4.79 Å².